The van der Waals surface area contributed by atoms with E-state index in [-0.39, 0.29) is 34.4 Å². The fourth-order valence-electron chi connectivity index (χ4n) is 3.27. The summed E-state index contributed by atoms with van der Waals surface area (Å²) in [7, 11) is 0. The first kappa shape index (κ1) is 23.2. The van der Waals surface area contributed by atoms with Crippen molar-refractivity contribution in [3.8, 4) is 22.5 Å². The zero-order chi connectivity index (χ0) is 24.2. The van der Waals surface area contributed by atoms with Crippen LogP contribution in [0.4, 0.5) is 10.7 Å². The Labute approximate surface area is 202 Å². The van der Waals surface area contributed by atoms with E-state index in [1.54, 1.807) is 12.3 Å². The molecular formula is C24H17ClN2O6S. The third-order valence-electron chi connectivity index (χ3n) is 4.84. The maximum atomic E-state index is 12.9. The molecule has 172 valence electrons. The molecule has 0 spiro atoms. The van der Waals surface area contributed by atoms with Crippen molar-refractivity contribution in [2.75, 3.05) is 11.9 Å². The van der Waals surface area contributed by atoms with Crippen molar-refractivity contribution < 1.29 is 23.7 Å². The normalized spacial score (nSPS) is 10.6. The summed E-state index contributed by atoms with van der Waals surface area (Å²) in [5.74, 6) is -0.868. The number of carbonyl (C=O) groups excluding carboxylic acids is 2. The molecular weight excluding hydrogens is 480 g/mol. The molecule has 0 saturated carbocycles. The van der Waals surface area contributed by atoms with Crippen LogP contribution in [0.3, 0.4) is 0 Å². The molecule has 1 N–H and O–H groups in total. The Morgan fingerprint density at radius 2 is 1.88 bits per heavy atom. The maximum absolute atomic E-state index is 12.9. The first-order valence-electron chi connectivity index (χ1n) is 10.1. The summed E-state index contributed by atoms with van der Waals surface area (Å²) in [6, 6.07) is 16.3. The van der Waals surface area contributed by atoms with E-state index >= 15 is 0 Å². The topological polar surface area (TPSA) is 112 Å². The highest BCUT2D eigenvalue weighted by molar-refractivity contribution is 7.15. The number of benzene rings is 2. The van der Waals surface area contributed by atoms with E-state index in [4.69, 9.17) is 20.8 Å². The van der Waals surface area contributed by atoms with Gasteiger partial charge in [-0.1, -0.05) is 41.9 Å². The fourth-order valence-corrected chi connectivity index (χ4v) is 4.49. The third kappa shape index (κ3) is 4.70. The molecule has 34 heavy (non-hydrogen) atoms. The maximum Gasteiger partial charge on any atom is 0.341 e. The minimum absolute atomic E-state index is 0.0195. The lowest BCUT2D eigenvalue weighted by atomic mass is 10.0. The summed E-state index contributed by atoms with van der Waals surface area (Å²) < 4.78 is 10.9. The third-order valence-corrected chi connectivity index (χ3v) is 6.05. The molecule has 4 rings (SSSR count). The Morgan fingerprint density at radius 3 is 2.56 bits per heavy atom. The Bertz CT molecular complexity index is 1380. The van der Waals surface area contributed by atoms with Crippen LogP contribution in [-0.4, -0.2) is 23.4 Å². The number of anilines is 1. The van der Waals surface area contributed by atoms with Gasteiger partial charge in [0, 0.05) is 28.6 Å². The molecule has 0 aliphatic carbocycles. The number of thiophene rings is 1. The van der Waals surface area contributed by atoms with Crippen LogP contribution in [0.2, 0.25) is 5.02 Å². The van der Waals surface area contributed by atoms with Crippen molar-refractivity contribution in [3.63, 3.8) is 0 Å². The average Bonchev–Trinajstić information content (AvgIpc) is 3.47. The molecule has 0 aliphatic heterocycles. The Hall–Kier alpha value is -3.95. The lowest BCUT2D eigenvalue weighted by molar-refractivity contribution is -0.384. The van der Waals surface area contributed by atoms with Gasteiger partial charge in [0.25, 0.3) is 11.6 Å². The van der Waals surface area contributed by atoms with Gasteiger partial charge >= 0.3 is 5.97 Å². The highest BCUT2D eigenvalue weighted by atomic mass is 35.5. The smallest absolute Gasteiger partial charge is 0.341 e. The monoisotopic (exact) mass is 496 g/mol. The second kappa shape index (κ2) is 9.90. The number of rotatable bonds is 7. The lowest BCUT2D eigenvalue weighted by Crippen LogP contribution is -2.14. The van der Waals surface area contributed by atoms with E-state index in [2.05, 4.69) is 5.32 Å². The minimum Gasteiger partial charge on any atom is -0.462 e. The molecule has 2 heterocycles. The molecule has 0 radical (unpaired) electrons. The Balaban J connectivity index is 1.62. The van der Waals surface area contributed by atoms with Crippen molar-refractivity contribution >= 4 is 45.5 Å². The number of furan rings is 1. The number of amides is 1. The summed E-state index contributed by atoms with van der Waals surface area (Å²) in [5.41, 5.74) is 1.97. The molecule has 0 saturated heterocycles. The van der Waals surface area contributed by atoms with Crippen LogP contribution in [-0.2, 0) is 4.74 Å². The number of nitro benzene ring substituents is 1. The number of halogens is 1. The van der Waals surface area contributed by atoms with Gasteiger partial charge in [-0.2, -0.15) is 0 Å². The second-order valence-corrected chi connectivity index (χ2v) is 8.27. The average molecular weight is 497 g/mol. The van der Waals surface area contributed by atoms with Gasteiger partial charge in [0.1, 0.15) is 16.3 Å². The molecule has 2 aromatic heterocycles. The van der Waals surface area contributed by atoms with Crippen LogP contribution in [0.1, 0.15) is 27.8 Å². The second-order valence-electron chi connectivity index (χ2n) is 6.98. The van der Waals surface area contributed by atoms with E-state index in [0.29, 0.717) is 16.1 Å². The van der Waals surface area contributed by atoms with Gasteiger partial charge in [0.05, 0.1) is 16.6 Å². The molecule has 4 aromatic rings. The fraction of sp³-hybridized carbons (Fsp3) is 0.0833. The molecule has 0 unspecified atom stereocenters. The number of hydrogen-bond acceptors (Lipinski definition) is 7. The molecule has 8 nitrogen and oxygen atoms in total. The highest BCUT2D eigenvalue weighted by Crippen LogP contribution is 2.37. The first-order valence-corrected chi connectivity index (χ1v) is 11.3. The number of carbonyl (C=O) groups is 2. The van der Waals surface area contributed by atoms with Crippen LogP contribution in [0.5, 0.6) is 0 Å². The van der Waals surface area contributed by atoms with Crippen LogP contribution in [0.25, 0.3) is 22.5 Å². The lowest BCUT2D eigenvalue weighted by Gasteiger charge is -2.08. The number of nitrogens with zero attached hydrogens (tertiary/aromatic N) is 1. The molecule has 10 heteroatoms. The highest BCUT2D eigenvalue weighted by Gasteiger charge is 2.24. The SMILES string of the molecule is CCOC(=O)c1c(-c2ccccc2)csc1NC(=O)c1ccc(-c2ccc([N+](=O)[O-])cc2Cl)o1. The van der Waals surface area contributed by atoms with Crippen LogP contribution < -0.4 is 5.32 Å². The van der Waals surface area contributed by atoms with Crippen molar-refractivity contribution in [2.45, 2.75) is 6.92 Å². The van der Waals surface area contributed by atoms with Crippen molar-refractivity contribution in [3.05, 3.63) is 92.5 Å². The number of nitrogens with one attached hydrogen (secondary N) is 1. The van der Waals surface area contributed by atoms with Crippen LogP contribution >= 0.6 is 22.9 Å². The molecule has 0 bridgehead atoms. The van der Waals surface area contributed by atoms with Crippen LogP contribution in [0.15, 0.2) is 70.5 Å². The van der Waals surface area contributed by atoms with Crippen molar-refractivity contribution in [1.29, 1.82) is 0 Å². The zero-order valence-electron chi connectivity index (χ0n) is 17.7. The van der Waals surface area contributed by atoms with Gasteiger partial charge in [-0.3, -0.25) is 14.9 Å². The Kier molecular flexibility index (Phi) is 6.76. The number of esters is 1. The quantitative estimate of drug-likeness (QED) is 0.174. The van der Waals surface area contributed by atoms with Gasteiger partial charge < -0.3 is 14.5 Å². The molecule has 0 fully saturated rings. The van der Waals surface area contributed by atoms with Gasteiger partial charge in [-0.25, -0.2) is 4.79 Å². The summed E-state index contributed by atoms with van der Waals surface area (Å²) in [4.78, 5) is 35.9. The largest absolute Gasteiger partial charge is 0.462 e. The molecule has 1 amide bonds. The minimum atomic E-state index is -0.573. The number of hydrogen-bond donors (Lipinski definition) is 1. The van der Waals surface area contributed by atoms with Gasteiger partial charge in [0.2, 0.25) is 0 Å². The summed E-state index contributed by atoms with van der Waals surface area (Å²) >= 11 is 7.36. The summed E-state index contributed by atoms with van der Waals surface area (Å²) in [6.45, 7) is 1.90. The summed E-state index contributed by atoms with van der Waals surface area (Å²) in [6.07, 6.45) is 0. The van der Waals surface area contributed by atoms with Gasteiger partial charge in [0.15, 0.2) is 5.76 Å². The first-order chi connectivity index (χ1) is 16.4. The van der Waals surface area contributed by atoms with Gasteiger partial charge in [-0.05, 0) is 30.7 Å². The molecule has 2 aromatic carbocycles. The predicted molar refractivity (Wildman–Crippen MR) is 129 cm³/mol. The molecule has 0 atom stereocenters. The van der Waals surface area contributed by atoms with E-state index in [1.807, 2.05) is 30.3 Å². The van der Waals surface area contributed by atoms with E-state index < -0.39 is 16.8 Å². The van der Waals surface area contributed by atoms with E-state index in [9.17, 15) is 19.7 Å². The van der Waals surface area contributed by atoms with Crippen molar-refractivity contribution in [2.24, 2.45) is 0 Å². The molecule has 0 aliphatic rings. The Morgan fingerprint density at radius 1 is 1.12 bits per heavy atom. The van der Waals surface area contributed by atoms with Gasteiger partial charge in [-0.15, -0.1) is 11.3 Å². The number of nitro groups is 1. The zero-order valence-corrected chi connectivity index (χ0v) is 19.3. The number of ether oxygens (including phenoxy) is 1. The van der Waals surface area contributed by atoms with Crippen molar-refractivity contribution in [1.82, 2.24) is 0 Å². The number of non-ortho nitro benzene ring substituents is 1. The van der Waals surface area contributed by atoms with Crippen LogP contribution in [0, 0.1) is 10.1 Å². The standard InChI is InChI=1S/C24H17ClN2O6S/c1-2-32-24(29)21-17(14-6-4-3-5-7-14)13-34-23(21)26-22(28)20-11-10-19(33-20)16-9-8-15(27(30)31)12-18(16)25/h3-13H,2H2,1H3,(H,26,28). The predicted octanol–water partition coefficient (Wildman–Crippen LogP) is 6.67. The summed E-state index contributed by atoms with van der Waals surface area (Å²) in [5, 5.41) is 15.9. The van der Waals surface area contributed by atoms with E-state index in [0.717, 1.165) is 5.56 Å². The van der Waals surface area contributed by atoms with E-state index in [1.165, 1.54) is 41.7 Å².